The summed E-state index contributed by atoms with van der Waals surface area (Å²) in [4.78, 5) is 22.9. The van der Waals surface area contributed by atoms with Gasteiger partial charge in [-0.05, 0) is 45.0 Å². The molecule has 1 saturated heterocycles. The van der Waals surface area contributed by atoms with Gasteiger partial charge in [0.15, 0.2) is 11.6 Å². The second-order valence-electron chi connectivity index (χ2n) is 6.61. The zero-order chi connectivity index (χ0) is 20.3. The Morgan fingerprint density at radius 3 is 3.00 bits per heavy atom. The van der Waals surface area contributed by atoms with E-state index in [1.165, 1.54) is 12.1 Å². The van der Waals surface area contributed by atoms with E-state index in [9.17, 15) is 9.18 Å². The van der Waals surface area contributed by atoms with Gasteiger partial charge in [0.05, 0.1) is 5.02 Å². The topological polar surface area (TPSA) is 99.7 Å². The summed E-state index contributed by atoms with van der Waals surface area (Å²) >= 11 is 5.86. The van der Waals surface area contributed by atoms with E-state index in [0.29, 0.717) is 13.1 Å². The third-order valence-corrected chi connectivity index (χ3v) is 5.13. The van der Waals surface area contributed by atoms with E-state index in [0.717, 1.165) is 19.3 Å². The normalized spacial score (nSPS) is 17.6. The maximum atomic E-state index is 14.4. The van der Waals surface area contributed by atoms with Crippen LogP contribution in [0, 0.1) is 5.82 Å². The van der Waals surface area contributed by atoms with E-state index in [1.54, 1.807) is 17.9 Å². The van der Waals surface area contributed by atoms with Crippen molar-refractivity contribution in [2.75, 3.05) is 13.1 Å². The number of likely N-dealkylation sites (tertiary alicyclic amines) is 1. The Morgan fingerprint density at radius 2 is 2.29 bits per heavy atom. The maximum Gasteiger partial charge on any atom is 0.268 e. The Bertz CT molecular complexity index is 925. The van der Waals surface area contributed by atoms with E-state index < -0.39 is 5.82 Å². The lowest BCUT2D eigenvalue weighted by molar-refractivity contribution is -0.127. The second-order valence-corrected chi connectivity index (χ2v) is 7.02. The van der Waals surface area contributed by atoms with Crippen LogP contribution in [0.25, 0.3) is 11.3 Å². The molecule has 2 aromatic rings. The molecule has 0 saturated carbocycles. The van der Waals surface area contributed by atoms with Crippen molar-refractivity contribution in [2.45, 2.75) is 32.2 Å². The van der Waals surface area contributed by atoms with Gasteiger partial charge < -0.3 is 10.6 Å². The molecule has 1 aromatic heterocycles. The van der Waals surface area contributed by atoms with E-state index in [1.807, 2.05) is 0 Å². The first kappa shape index (κ1) is 20.2. The standard InChI is InChI=1S/C19H22ClFN6O/c1-11(19(28)27-9-4-3-6-12(27)10-22)24-18-17(23-2)16(25-26-18)13-7-5-8-14(20)15(13)21/h5,7-8,12H,2-4,6,9-10,22H2,1H3,(H,25,26)/b24-11+. The minimum Gasteiger partial charge on any atom is -0.333 e. The van der Waals surface area contributed by atoms with Gasteiger partial charge in [-0.3, -0.25) is 14.9 Å². The molecule has 0 radical (unpaired) electrons. The molecule has 1 aliphatic rings. The Kier molecular flexibility index (Phi) is 6.21. The molecule has 7 nitrogen and oxygen atoms in total. The Hall–Kier alpha value is -2.58. The number of nitrogens with zero attached hydrogens (tertiary/aromatic N) is 4. The van der Waals surface area contributed by atoms with Crippen LogP contribution in [0.15, 0.2) is 28.2 Å². The molecular weight excluding hydrogens is 383 g/mol. The minimum atomic E-state index is -0.608. The summed E-state index contributed by atoms with van der Waals surface area (Å²) in [6, 6.07) is 4.62. The quantitative estimate of drug-likeness (QED) is 0.744. The molecule has 0 aliphatic carbocycles. The molecule has 1 aromatic carbocycles. The predicted octanol–water partition coefficient (Wildman–Crippen LogP) is 3.63. The molecule has 2 heterocycles. The summed E-state index contributed by atoms with van der Waals surface area (Å²) in [6.45, 7) is 6.22. The van der Waals surface area contributed by atoms with Gasteiger partial charge in [-0.2, -0.15) is 5.10 Å². The van der Waals surface area contributed by atoms with Gasteiger partial charge in [-0.1, -0.05) is 17.7 Å². The summed E-state index contributed by atoms with van der Waals surface area (Å²) in [5, 5.41) is 6.79. The molecule has 9 heteroatoms. The molecule has 0 bridgehead atoms. The lowest BCUT2D eigenvalue weighted by atomic mass is 10.0. The summed E-state index contributed by atoms with van der Waals surface area (Å²) in [6.07, 6.45) is 2.88. The van der Waals surface area contributed by atoms with E-state index in [-0.39, 0.29) is 45.4 Å². The minimum absolute atomic E-state index is 0.0151. The monoisotopic (exact) mass is 404 g/mol. The van der Waals surface area contributed by atoms with Gasteiger partial charge in [-0.15, -0.1) is 0 Å². The van der Waals surface area contributed by atoms with Crippen LogP contribution in [0.2, 0.25) is 5.02 Å². The maximum absolute atomic E-state index is 14.4. The first-order valence-corrected chi connectivity index (χ1v) is 9.41. The van der Waals surface area contributed by atoms with Crippen LogP contribution in [0.1, 0.15) is 26.2 Å². The van der Waals surface area contributed by atoms with Crippen molar-refractivity contribution in [3.05, 3.63) is 29.0 Å². The molecular formula is C19H22ClFN6O. The van der Waals surface area contributed by atoms with Crippen molar-refractivity contribution in [3.63, 3.8) is 0 Å². The number of H-pyrrole nitrogens is 1. The number of rotatable bonds is 5. The highest BCUT2D eigenvalue weighted by molar-refractivity contribution is 6.38. The number of hydrogen-bond acceptors (Lipinski definition) is 5. The summed E-state index contributed by atoms with van der Waals surface area (Å²) in [5.74, 6) is -0.560. The molecule has 3 N–H and O–H groups in total. The van der Waals surface area contributed by atoms with E-state index in [4.69, 9.17) is 17.3 Å². The van der Waals surface area contributed by atoms with Crippen LogP contribution < -0.4 is 5.73 Å². The molecule has 1 aliphatic heterocycles. The van der Waals surface area contributed by atoms with Crippen molar-refractivity contribution in [1.29, 1.82) is 0 Å². The Balaban J connectivity index is 1.94. The molecule has 1 amide bonds. The van der Waals surface area contributed by atoms with Crippen molar-refractivity contribution in [1.82, 2.24) is 15.1 Å². The number of carbonyl (C=O) groups is 1. The number of nitrogens with two attached hydrogens (primary N) is 1. The highest BCUT2D eigenvalue weighted by Gasteiger charge is 2.27. The van der Waals surface area contributed by atoms with Crippen LogP contribution in [0.4, 0.5) is 15.9 Å². The number of aromatic amines is 1. The summed E-state index contributed by atoms with van der Waals surface area (Å²) in [7, 11) is 0. The third-order valence-electron chi connectivity index (χ3n) is 4.84. The smallest absolute Gasteiger partial charge is 0.268 e. The summed E-state index contributed by atoms with van der Waals surface area (Å²) < 4.78 is 14.4. The van der Waals surface area contributed by atoms with Gasteiger partial charge >= 0.3 is 0 Å². The highest BCUT2D eigenvalue weighted by Crippen LogP contribution is 2.38. The fourth-order valence-electron chi connectivity index (χ4n) is 3.37. The van der Waals surface area contributed by atoms with Crippen LogP contribution >= 0.6 is 11.6 Å². The fraction of sp³-hybridized carbons (Fsp3) is 0.368. The fourth-order valence-corrected chi connectivity index (χ4v) is 3.54. The highest BCUT2D eigenvalue weighted by atomic mass is 35.5. The lowest BCUT2D eigenvalue weighted by Crippen LogP contribution is -2.49. The van der Waals surface area contributed by atoms with E-state index in [2.05, 4.69) is 26.9 Å². The summed E-state index contributed by atoms with van der Waals surface area (Å²) in [5.41, 5.74) is 6.73. The first-order chi connectivity index (χ1) is 13.5. The zero-order valence-electron chi connectivity index (χ0n) is 15.6. The number of nitrogens with one attached hydrogen (secondary N) is 1. The number of piperidine rings is 1. The molecule has 3 rings (SSSR count). The van der Waals surface area contributed by atoms with Gasteiger partial charge in [0, 0.05) is 24.7 Å². The number of halogens is 2. The van der Waals surface area contributed by atoms with Crippen molar-refractivity contribution in [2.24, 2.45) is 15.7 Å². The van der Waals surface area contributed by atoms with E-state index >= 15 is 0 Å². The first-order valence-electron chi connectivity index (χ1n) is 9.03. The van der Waals surface area contributed by atoms with Gasteiger partial charge in [0.1, 0.15) is 17.1 Å². The lowest BCUT2D eigenvalue weighted by Gasteiger charge is -2.34. The van der Waals surface area contributed by atoms with Gasteiger partial charge in [-0.25, -0.2) is 9.38 Å². The molecule has 28 heavy (non-hydrogen) atoms. The molecule has 148 valence electrons. The number of carbonyl (C=O) groups excluding carboxylic acids is 1. The second kappa shape index (κ2) is 8.62. The molecule has 1 atom stereocenters. The number of benzene rings is 1. The van der Waals surface area contributed by atoms with Crippen LogP contribution in [-0.2, 0) is 4.79 Å². The Labute approximate surface area is 167 Å². The SMILES string of the molecule is C=Nc1c(-c2cccc(Cl)c2F)n[nH]c1/N=C(\C)C(=O)N1CCCCC1CN. The average Bonchev–Trinajstić information content (AvgIpc) is 3.11. The van der Waals surface area contributed by atoms with Gasteiger partial charge in [0.25, 0.3) is 5.91 Å². The Morgan fingerprint density at radius 1 is 1.50 bits per heavy atom. The molecule has 1 unspecified atom stereocenters. The number of amides is 1. The van der Waals surface area contributed by atoms with Crippen molar-refractivity contribution in [3.8, 4) is 11.3 Å². The van der Waals surface area contributed by atoms with Gasteiger partial charge in [0.2, 0.25) is 0 Å². The van der Waals surface area contributed by atoms with Crippen molar-refractivity contribution >= 4 is 41.4 Å². The number of aromatic nitrogens is 2. The predicted molar refractivity (Wildman–Crippen MR) is 109 cm³/mol. The largest absolute Gasteiger partial charge is 0.333 e. The average molecular weight is 405 g/mol. The zero-order valence-corrected chi connectivity index (χ0v) is 16.3. The number of aliphatic imine (C=N–C) groups is 2. The van der Waals surface area contributed by atoms with Crippen LogP contribution in [0.5, 0.6) is 0 Å². The number of hydrogen-bond donors (Lipinski definition) is 2. The van der Waals surface area contributed by atoms with Crippen LogP contribution in [0.3, 0.4) is 0 Å². The molecule has 0 spiro atoms. The molecule has 1 fully saturated rings. The van der Waals surface area contributed by atoms with Crippen LogP contribution in [-0.4, -0.2) is 52.6 Å². The third kappa shape index (κ3) is 3.83. The van der Waals surface area contributed by atoms with Crippen molar-refractivity contribution < 1.29 is 9.18 Å².